The van der Waals surface area contributed by atoms with Gasteiger partial charge in [0.05, 0.1) is 12.5 Å². The standard InChI is InChI=1S/C24H28N2O3/c1-2-29-16-20-7-4-3-6-19(20)14-25-24(28)21-13-23(27)26(15-21)22-11-10-17-8-5-9-18(17)12-22/h3-4,6-7,10-12,21H,2,5,8-9,13-16H2,1H3,(H,25,28)/t21-/m0/s1. The summed E-state index contributed by atoms with van der Waals surface area (Å²) in [6.45, 7) is 4.06. The van der Waals surface area contributed by atoms with Gasteiger partial charge in [0, 0.05) is 31.8 Å². The molecule has 0 radical (unpaired) electrons. The molecule has 152 valence electrons. The molecular formula is C24H28N2O3. The third-order valence-electron chi connectivity index (χ3n) is 5.92. The first-order valence-electron chi connectivity index (χ1n) is 10.5. The highest BCUT2D eigenvalue weighted by Crippen LogP contribution is 2.30. The van der Waals surface area contributed by atoms with Gasteiger partial charge in [0.15, 0.2) is 0 Å². The lowest BCUT2D eigenvalue weighted by Gasteiger charge is -2.18. The number of carbonyl (C=O) groups excluding carboxylic acids is 2. The van der Waals surface area contributed by atoms with Crippen LogP contribution in [0.15, 0.2) is 42.5 Å². The molecule has 0 bridgehead atoms. The lowest BCUT2D eigenvalue weighted by Crippen LogP contribution is -2.32. The van der Waals surface area contributed by atoms with E-state index in [1.807, 2.05) is 37.3 Å². The van der Waals surface area contributed by atoms with Crippen molar-refractivity contribution in [2.24, 2.45) is 5.92 Å². The first-order valence-corrected chi connectivity index (χ1v) is 10.5. The van der Waals surface area contributed by atoms with E-state index in [9.17, 15) is 9.59 Å². The average Bonchev–Trinajstić information content (AvgIpc) is 3.36. The second kappa shape index (κ2) is 8.78. The summed E-state index contributed by atoms with van der Waals surface area (Å²) in [7, 11) is 0. The molecule has 1 atom stereocenters. The quantitative estimate of drug-likeness (QED) is 0.786. The Morgan fingerprint density at radius 2 is 1.93 bits per heavy atom. The number of rotatable bonds is 7. The maximum absolute atomic E-state index is 12.7. The van der Waals surface area contributed by atoms with E-state index < -0.39 is 0 Å². The molecule has 0 unspecified atom stereocenters. The lowest BCUT2D eigenvalue weighted by atomic mass is 10.1. The molecule has 1 fully saturated rings. The highest BCUT2D eigenvalue weighted by molar-refractivity contribution is 6.00. The predicted octanol–water partition coefficient (Wildman–Crippen LogP) is 3.38. The molecule has 1 saturated heterocycles. The third-order valence-corrected chi connectivity index (χ3v) is 5.92. The van der Waals surface area contributed by atoms with Gasteiger partial charge >= 0.3 is 0 Å². The number of ether oxygens (including phenoxy) is 1. The number of benzene rings is 2. The summed E-state index contributed by atoms with van der Waals surface area (Å²) >= 11 is 0. The van der Waals surface area contributed by atoms with Crippen LogP contribution < -0.4 is 10.2 Å². The number of amides is 2. The SMILES string of the molecule is CCOCc1ccccc1CNC(=O)[C@H]1CC(=O)N(c2ccc3c(c2)CCC3)C1. The van der Waals surface area contributed by atoms with Crippen molar-refractivity contribution in [3.05, 3.63) is 64.7 Å². The molecule has 2 aromatic rings. The largest absolute Gasteiger partial charge is 0.377 e. The van der Waals surface area contributed by atoms with Crippen LogP contribution in [0.1, 0.15) is 42.0 Å². The van der Waals surface area contributed by atoms with Gasteiger partial charge in [-0.25, -0.2) is 0 Å². The van der Waals surface area contributed by atoms with E-state index in [4.69, 9.17) is 4.74 Å². The van der Waals surface area contributed by atoms with Crippen LogP contribution in [0.3, 0.4) is 0 Å². The number of nitrogens with one attached hydrogen (secondary N) is 1. The minimum atomic E-state index is -0.310. The molecule has 2 aliphatic rings. The zero-order valence-corrected chi connectivity index (χ0v) is 16.9. The van der Waals surface area contributed by atoms with Gasteiger partial charge in [0.25, 0.3) is 0 Å². The maximum Gasteiger partial charge on any atom is 0.227 e. The number of aryl methyl sites for hydroxylation is 2. The van der Waals surface area contributed by atoms with Crippen LogP contribution >= 0.6 is 0 Å². The Morgan fingerprint density at radius 1 is 1.14 bits per heavy atom. The van der Waals surface area contributed by atoms with Crippen LogP contribution in [0.2, 0.25) is 0 Å². The van der Waals surface area contributed by atoms with Crippen molar-refractivity contribution in [3.8, 4) is 0 Å². The summed E-state index contributed by atoms with van der Waals surface area (Å²) in [4.78, 5) is 27.1. The smallest absolute Gasteiger partial charge is 0.227 e. The van der Waals surface area contributed by atoms with E-state index in [0.29, 0.717) is 26.3 Å². The van der Waals surface area contributed by atoms with Crippen molar-refractivity contribution in [2.45, 2.75) is 45.8 Å². The van der Waals surface area contributed by atoms with Crippen molar-refractivity contribution in [1.82, 2.24) is 5.32 Å². The molecule has 0 aromatic heterocycles. The minimum Gasteiger partial charge on any atom is -0.377 e. The summed E-state index contributed by atoms with van der Waals surface area (Å²) < 4.78 is 5.51. The lowest BCUT2D eigenvalue weighted by molar-refractivity contribution is -0.126. The Labute approximate surface area is 172 Å². The van der Waals surface area contributed by atoms with Crippen LogP contribution in [0, 0.1) is 5.92 Å². The van der Waals surface area contributed by atoms with Crippen LogP contribution in [0.4, 0.5) is 5.69 Å². The van der Waals surface area contributed by atoms with E-state index in [2.05, 4.69) is 17.4 Å². The van der Waals surface area contributed by atoms with Crippen molar-refractivity contribution in [1.29, 1.82) is 0 Å². The van der Waals surface area contributed by atoms with Gasteiger partial charge in [0.2, 0.25) is 11.8 Å². The minimum absolute atomic E-state index is 0.0276. The Kier molecular flexibility index (Phi) is 5.95. The van der Waals surface area contributed by atoms with E-state index in [1.54, 1.807) is 4.90 Å². The fraction of sp³-hybridized carbons (Fsp3) is 0.417. The molecular weight excluding hydrogens is 364 g/mol. The number of hydrogen-bond acceptors (Lipinski definition) is 3. The normalized spacial score (nSPS) is 18.2. The van der Waals surface area contributed by atoms with Crippen molar-refractivity contribution >= 4 is 17.5 Å². The number of fused-ring (bicyclic) bond motifs is 1. The summed E-state index contributed by atoms with van der Waals surface area (Å²) in [5.74, 6) is -0.345. The first kappa shape index (κ1) is 19.6. The summed E-state index contributed by atoms with van der Waals surface area (Å²) in [5.41, 5.74) is 5.79. The van der Waals surface area contributed by atoms with Crippen LogP contribution in [-0.2, 0) is 40.3 Å². The first-order chi connectivity index (χ1) is 14.2. The molecule has 1 N–H and O–H groups in total. The van der Waals surface area contributed by atoms with E-state index in [0.717, 1.165) is 29.7 Å². The molecule has 4 rings (SSSR count). The number of carbonyl (C=O) groups is 2. The average molecular weight is 392 g/mol. The molecule has 1 aliphatic heterocycles. The van der Waals surface area contributed by atoms with Crippen LogP contribution in [0.25, 0.3) is 0 Å². The monoisotopic (exact) mass is 392 g/mol. The van der Waals surface area contributed by atoms with Gasteiger partial charge in [-0.3, -0.25) is 9.59 Å². The Morgan fingerprint density at radius 3 is 2.76 bits per heavy atom. The van der Waals surface area contributed by atoms with E-state index >= 15 is 0 Å². The topological polar surface area (TPSA) is 58.6 Å². The van der Waals surface area contributed by atoms with E-state index in [1.165, 1.54) is 17.5 Å². The molecule has 29 heavy (non-hydrogen) atoms. The zero-order chi connectivity index (χ0) is 20.2. The van der Waals surface area contributed by atoms with E-state index in [-0.39, 0.29) is 24.2 Å². The van der Waals surface area contributed by atoms with Gasteiger partial charge in [-0.15, -0.1) is 0 Å². The molecule has 0 saturated carbocycles. The maximum atomic E-state index is 12.7. The van der Waals surface area contributed by atoms with Gasteiger partial charge in [-0.05, 0) is 60.6 Å². The van der Waals surface area contributed by atoms with Crippen LogP contribution in [-0.4, -0.2) is 25.0 Å². The number of anilines is 1. The summed E-state index contributed by atoms with van der Waals surface area (Å²) in [6, 6.07) is 14.2. The molecule has 2 aromatic carbocycles. The Balaban J connectivity index is 1.37. The third kappa shape index (κ3) is 4.35. The fourth-order valence-electron chi connectivity index (χ4n) is 4.27. The van der Waals surface area contributed by atoms with Crippen LogP contribution in [0.5, 0.6) is 0 Å². The van der Waals surface area contributed by atoms with Gasteiger partial charge in [-0.2, -0.15) is 0 Å². The predicted molar refractivity (Wildman–Crippen MR) is 113 cm³/mol. The van der Waals surface area contributed by atoms with Gasteiger partial charge in [0.1, 0.15) is 0 Å². The highest BCUT2D eigenvalue weighted by atomic mass is 16.5. The molecule has 1 heterocycles. The number of nitrogens with zero attached hydrogens (tertiary/aromatic N) is 1. The van der Waals surface area contributed by atoms with Crippen molar-refractivity contribution in [3.63, 3.8) is 0 Å². The van der Waals surface area contributed by atoms with Crippen molar-refractivity contribution in [2.75, 3.05) is 18.1 Å². The Bertz CT molecular complexity index is 909. The molecule has 0 spiro atoms. The molecule has 5 nitrogen and oxygen atoms in total. The highest BCUT2D eigenvalue weighted by Gasteiger charge is 2.35. The molecule has 1 aliphatic carbocycles. The summed E-state index contributed by atoms with van der Waals surface area (Å²) in [5, 5.41) is 3.02. The second-order valence-electron chi connectivity index (χ2n) is 7.84. The fourth-order valence-corrected chi connectivity index (χ4v) is 4.27. The van der Waals surface area contributed by atoms with Gasteiger partial charge < -0.3 is 15.0 Å². The zero-order valence-electron chi connectivity index (χ0n) is 16.9. The number of hydrogen-bond donors (Lipinski definition) is 1. The second-order valence-corrected chi connectivity index (χ2v) is 7.84. The van der Waals surface area contributed by atoms with Gasteiger partial charge in [-0.1, -0.05) is 30.3 Å². The molecule has 5 heteroatoms. The Hall–Kier alpha value is -2.66. The van der Waals surface area contributed by atoms with Crippen molar-refractivity contribution < 1.29 is 14.3 Å². The molecule has 2 amide bonds. The summed E-state index contributed by atoms with van der Waals surface area (Å²) in [6.07, 6.45) is 3.65.